The van der Waals surface area contributed by atoms with Crippen LogP contribution in [0, 0.1) is 0 Å². The molecule has 0 unspecified atom stereocenters. The number of rotatable bonds is 3. The number of aliphatic hydroxyl groups is 1. The van der Waals surface area contributed by atoms with E-state index in [0.717, 1.165) is 22.7 Å². The Morgan fingerprint density at radius 1 is 1.27 bits per heavy atom. The standard InChI is InChI=1S/C18H20N6O2/c1-19-16-17-21-10-15(24(17)9-7-20-16)12-2-4-13(5-3-12)22-18(26)23-8-6-14(25)11-23/h2-5,7,9-10,14,25H,6,8,11H2,1H3,(H,19,20)(H,22,26)/t14-/m0/s1. The first-order chi connectivity index (χ1) is 12.7. The predicted molar refractivity (Wildman–Crippen MR) is 99.2 cm³/mol. The summed E-state index contributed by atoms with van der Waals surface area (Å²) in [4.78, 5) is 22.5. The van der Waals surface area contributed by atoms with Gasteiger partial charge in [-0.3, -0.25) is 4.40 Å². The summed E-state index contributed by atoms with van der Waals surface area (Å²) in [5.41, 5.74) is 3.40. The Bertz CT molecular complexity index is 937. The van der Waals surface area contributed by atoms with Crippen LogP contribution in [0.15, 0.2) is 42.9 Å². The maximum Gasteiger partial charge on any atom is 0.321 e. The third-order valence-corrected chi connectivity index (χ3v) is 4.55. The minimum absolute atomic E-state index is 0.186. The number of β-amino-alcohol motifs (C(OH)–C–C–N with tert-alkyl or cyclic N) is 1. The predicted octanol–water partition coefficient (Wildman–Crippen LogP) is 2.04. The molecule has 26 heavy (non-hydrogen) atoms. The van der Waals surface area contributed by atoms with Crippen LogP contribution >= 0.6 is 0 Å². The molecule has 1 aliphatic rings. The van der Waals surface area contributed by atoms with Crippen LogP contribution in [-0.2, 0) is 0 Å². The molecule has 3 heterocycles. The molecule has 0 aliphatic carbocycles. The summed E-state index contributed by atoms with van der Waals surface area (Å²) < 4.78 is 1.97. The number of imidazole rings is 1. The molecule has 8 nitrogen and oxygen atoms in total. The Morgan fingerprint density at radius 3 is 2.77 bits per heavy atom. The van der Waals surface area contributed by atoms with Gasteiger partial charge in [0.1, 0.15) is 0 Å². The first kappa shape index (κ1) is 16.3. The summed E-state index contributed by atoms with van der Waals surface area (Å²) in [7, 11) is 1.81. The molecule has 0 radical (unpaired) electrons. The number of fused-ring (bicyclic) bond motifs is 1. The second-order valence-electron chi connectivity index (χ2n) is 6.26. The van der Waals surface area contributed by atoms with Gasteiger partial charge in [0.15, 0.2) is 11.5 Å². The molecule has 1 atom stereocenters. The largest absolute Gasteiger partial charge is 0.391 e. The SMILES string of the molecule is CNc1nccn2c(-c3ccc(NC(=O)N4CC[C@H](O)C4)cc3)cnc12. The van der Waals surface area contributed by atoms with E-state index < -0.39 is 6.10 Å². The summed E-state index contributed by atoms with van der Waals surface area (Å²) in [5, 5.41) is 15.4. The molecule has 1 saturated heterocycles. The molecule has 3 aromatic rings. The lowest BCUT2D eigenvalue weighted by molar-refractivity contribution is 0.176. The zero-order chi connectivity index (χ0) is 18.1. The van der Waals surface area contributed by atoms with Gasteiger partial charge < -0.3 is 20.6 Å². The lowest BCUT2D eigenvalue weighted by Crippen LogP contribution is -2.33. The third kappa shape index (κ3) is 2.95. The first-order valence-corrected chi connectivity index (χ1v) is 8.50. The number of hydrogen-bond acceptors (Lipinski definition) is 5. The fourth-order valence-corrected chi connectivity index (χ4v) is 3.16. The summed E-state index contributed by atoms with van der Waals surface area (Å²) in [6.45, 7) is 0.961. The number of carbonyl (C=O) groups excluding carboxylic acids is 1. The molecule has 0 bridgehead atoms. The number of nitrogens with zero attached hydrogens (tertiary/aromatic N) is 4. The fraction of sp³-hybridized carbons (Fsp3) is 0.278. The van der Waals surface area contributed by atoms with Gasteiger partial charge >= 0.3 is 6.03 Å². The molecule has 1 fully saturated rings. The molecule has 0 spiro atoms. The Morgan fingerprint density at radius 2 is 2.08 bits per heavy atom. The van der Waals surface area contributed by atoms with Gasteiger partial charge in [0.25, 0.3) is 0 Å². The van der Waals surface area contributed by atoms with Crippen LogP contribution in [-0.4, -0.2) is 56.6 Å². The van der Waals surface area contributed by atoms with E-state index in [9.17, 15) is 9.90 Å². The highest BCUT2D eigenvalue weighted by atomic mass is 16.3. The maximum atomic E-state index is 12.2. The summed E-state index contributed by atoms with van der Waals surface area (Å²) in [6, 6.07) is 7.42. The molecule has 3 N–H and O–H groups in total. The van der Waals surface area contributed by atoms with E-state index >= 15 is 0 Å². The lowest BCUT2D eigenvalue weighted by atomic mass is 10.1. The van der Waals surface area contributed by atoms with Crippen LogP contribution in [0.2, 0.25) is 0 Å². The second kappa shape index (κ2) is 6.64. The highest BCUT2D eigenvalue weighted by Gasteiger charge is 2.24. The topological polar surface area (TPSA) is 94.8 Å². The number of urea groups is 1. The molecule has 2 amide bonds. The van der Waals surface area contributed by atoms with Gasteiger partial charge in [-0.1, -0.05) is 12.1 Å². The monoisotopic (exact) mass is 352 g/mol. The van der Waals surface area contributed by atoms with Crippen molar-refractivity contribution < 1.29 is 9.90 Å². The zero-order valence-electron chi connectivity index (χ0n) is 14.4. The minimum Gasteiger partial charge on any atom is -0.391 e. The van der Waals surface area contributed by atoms with Gasteiger partial charge in [0.05, 0.1) is 18.0 Å². The highest BCUT2D eigenvalue weighted by Crippen LogP contribution is 2.24. The normalized spacial score (nSPS) is 16.8. The Balaban J connectivity index is 1.54. The van der Waals surface area contributed by atoms with Gasteiger partial charge in [0, 0.05) is 43.8 Å². The number of anilines is 2. The van der Waals surface area contributed by atoms with E-state index in [1.165, 1.54) is 0 Å². The second-order valence-corrected chi connectivity index (χ2v) is 6.26. The van der Waals surface area contributed by atoms with E-state index in [4.69, 9.17) is 0 Å². The molecule has 1 aromatic carbocycles. The van der Waals surface area contributed by atoms with Gasteiger partial charge in [-0.05, 0) is 18.6 Å². The average Bonchev–Trinajstić information content (AvgIpc) is 3.28. The molecule has 2 aromatic heterocycles. The van der Waals surface area contributed by atoms with Crippen LogP contribution < -0.4 is 10.6 Å². The summed E-state index contributed by atoms with van der Waals surface area (Å²) in [6.07, 6.45) is 5.60. The number of aliphatic hydroxyl groups excluding tert-OH is 1. The van der Waals surface area contributed by atoms with Crippen LogP contribution in [0.1, 0.15) is 6.42 Å². The van der Waals surface area contributed by atoms with E-state index in [0.29, 0.717) is 25.2 Å². The number of benzene rings is 1. The first-order valence-electron chi connectivity index (χ1n) is 8.50. The molecule has 4 rings (SSSR count). The van der Waals surface area contributed by atoms with Crippen LogP contribution in [0.5, 0.6) is 0 Å². The van der Waals surface area contributed by atoms with Gasteiger partial charge in [-0.25, -0.2) is 14.8 Å². The van der Waals surface area contributed by atoms with Gasteiger partial charge in [-0.2, -0.15) is 0 Å². The quantitative estimate of drug-likeness (QED) is 0.670. The fourth-order valence-electron chi connectivity index (χ4n) is 3.16. The van der Waals surface area contributed by atoms with E-state index in [1.54, 1.807) is 17.3 Å². The van der Waals surface area contributed by atoms with Crippen molar-refractivity contribution in [3.63, 3.8) is 0 Å². The Kier molecular flexibility index (Phi) is 4.18. The van der Waals surface area contributed by atoms with Crippen molar-refractivity contribution in [2.75, 3.05) is 30.8 Å². The molecular formula is C18H20N6O2. The third-order valence-electron chi connectivity index (χ3n) is 4.55. The lowest BCUT2D eigenvalue weighted by Gasteiger charge is -2.16. The molecule has 8 heteroatoms. The van der Waals surface area contributed by atoms with E-state index in [1.807, 2.05) is 41.9 Å². The maximum absolute atomic E-state index is 12.2. The van der Waals surface area contributed by atoms with E-state index in [-0.39, 0.29) is 6.03 Å². The average molecular weight is 352 g/mol. The number of hydrogen-bond donors (Lipinski definition) is 3. The number of carbonyl (C=O) groups is 1. The smallest absolute Gasteiger partial charge is 0.321 e. The van der Waals surface area contributed by atoms with Gasteiger partial charge in [0.2, 0.25) is 0 Å². The highest BCUT2D eigenvalue weighted by molar-refractivity contribution is 5.89. The van der Waals surface area contributed by atoms with Crippen molar-refractivity contribution in [1.29, 1.82) is 0 Å². The van der Waals surface area contributed by atoms with Crippen molar-refractivity contribution in [3.8, 4) is 11.3 Å². The zero-order valence-corrected chi connectivity index (χ0v) is 14.4. The number of amides is 2. The minimum atomic E-state index is -0.421. The van der Waals surface area contributed by atoms with Crippen molar-refractivity contribution >= 4 is 23.2 Å². The summed E-state index contributed by atoms with van der Waals surface area (Å²) in [5.74, 6) is 0.718. The summed E-state index contributed by atoms with van der Waals surface area (Å²) >= 11 is 0. The Labute approximate surface area is 150 Å². The van der Waals surface area contributed by atoms with Crippen molar-refractivity contribution in [3.05, 3.63) is 42.9 Å². The van der Waals surface area contributed by atoms with Crippen LogP contribution in [0.4, 0.5) is 16.3 Å². The molecule has 0 saturated carbocycles. The van der Waals surface area contributed by atoms with Crippen molar-refractivity contribution in [2.45, 2.75) is 12.5 Å². The molecular weight excluding hydrogens is 332 g/mol. The Hall–Kier alpha value is -3.13. The van der Waals surface area contributed by atoms with Crippen molar-refractivity contribution in [1.82, 2.24) is 19.3 Å². The number of nitrogens with one attached hydrogen (secondary N) is 2. The number of aromatic nitrogens is 3. The van der Waals surface area contributed by atoms with Crippen LogP contribution in [0.3, 0.4) is 0 Å². The van der Waals surface area contributed by atoms with Crippen LogP contribution in [0.25, 0.3) is 16.9 Å². The molecule has 1 aliphatic heterocycles. The van der Waals surface area contributed by atoms with Crippen molar-refractivity contribution in [2.24, 2.45) is 0 Å². The van der Waals surface area contributed by atoms with E-state index in [2.05, 4.69) is 20.6 Å². The molecule has 134 valence electrons. The number of likely N-dealkylation sites (tertiary alicyclic amines) is 1. The van der Waals surface area contributed by atoms with Gasteiger partial charge in [-0.15, -0.1) is 0 Å².